The van der Waals surface area contributed by atoms with Crippen molar-refractivity contribution >= 4 is 27.3 Å². The summed E-state index contributed by atoms with van der Waals surface area (Å²) in [5.74, 6) is -0.318. The molecule has 1 aromatic carbocycles. The van der Waals surface area contributed by atoms with Gasteiger partial charge in [-0.2, -0.15) is 0 Å². The normalized spacial score (nSPS) is 11.2. The summed E-state index contributed by atoms with van der Waals surface area (Å²) < 4.78 is 22.3. The number of rotatable bonds is 7. The Kier molecular flexibility index (Phi) is 5.13. The Labute approximate surface area is 112 Å². The number of anilines is 2. The molecule has 0 aliphatic rings. The van der Waals surface area contributed by atoms with E-state index >= 15 is 0 Å². The number of benzene rings is 1. The molecule has 1 amide bonds. The van der Waals surface area contributed by atoms with E-state index in [4.69, 9.17) is 16.6 Å². The van der Waals surface area contributed by atoms with Crippen LogP contribution in [0.1, 0.15) is 19.3 Å². The van der Waals surface area contributed by atoms with Crippen LogP contribution in [0, 0.1) is 0 Å². The fourth-order valence-corrected chi connectivity index (χ4v) is 2.22. The number of hydrogen-bond acceptors (Lipinski definition) is 5. The Morgan fingerprint density at radius 1 is 1.26 bits per heavy atom. The van der Waals surface area contributed by atoms with Gasteiger partial charge in [-0.1, -0.05) is 0 Å². The molecule has 1 rings (SSSR count). The van der Waals surface area contributed by atoms with Crippen molar-refractivity contribution in [1.82, 2.24) is 0 Å². The van der Waals surface area contributed by atoms with E-state index in [1.54, 1.807) is 6.07 Å². The maximum absolute atomic E-state index is 11.2. The van der Waals surface area contributed by atoms with E-state index in [-0.39, 0.29) is 16.5 Å². The number of carbonyl (C=O) groups excluding carboxylic acids is 1. The molecule has 0 bridgehead atoms. The van der Waals surface area contributed by atoms with Crippen molar-refractivity contribution in [3.05, 3.63) is 18.2 Å². The Bertz CT molecular complexity index is 557. The van der Waals surface area contributed by atoms with E-state index in [2.05, 4.69) is 5.32 Å². The van der Waals surface area contributed by atoms with Crippen LogP contribution in [0.3, 0.4) is 0 Å². The molecule has 0 spiro atoms. The molecular formula is C11H18N4O3S. The first-order valence-corrected chi connectivity index (χ1v) is 7.30. The van der Waals surface area contributed by atoms with Crippen molar-refractivity contribution < 1.29 is 13.2 Å². The minimum Gasteiger partial charge on any atom is -0.398 e. The number of primary sulfonamides is 1. The van der Waals surface area contributed by atoms with Crippen LogP contribution < -0.4 is 21.9 Å². The number of sulfonamides is 1. The molecule has 0 fully saturated rings. The van der Waals surface area contributed by atoms with E-state index in [0.29, 0.717) is 25.1 Å². The summed E-state index contributed by atoms with van der Waals surface area (Å²) in [5, 5.41) is 8.07. The lowest BCUT2D eigenvalue weighted by molar-refractivity contribution is -0.118. The molecule has 0 radical (unpaired) electrons. The van der Waals surface area contributed by atoms with Crippen molar-refractivity contribution in [2.45, 2.75) is 24.2 Å². The van der Waals surface area contributed by atoms with Crippen LogP contribution in [0.5, 0.6) is 0 Å². The van der Waals surface area contributed by atoms with Crippen molar-refractivity contribution in [3.8, 4) is 0 Å². The minimum atomic E-state index is -3.79. The van der Waals surface area contributed by atoms with Crippen molar-refractivity contribution in [2.75, 3.05) is 17.6 Å². The lowest BCUT2D eigenvalue weighted by Gasteiger charge is -2.09. The zero-order chi connectivity index (χ0) is 14.5. The molecule has 106 valence electrons. The lowest BCUT2D eigenvalue weighted by Crippen LogP contribution is -2.14. The van der Waals surface area contributed by atoms with Crippen molar-refractivity contribution in [2.24, 2.45) is 10.9 Å². The van der Waals surface area contributed by atoms with E-state index in [0.717, 1.165) is 6.42 Å². The number of hydrogen-bond donors (Lipinski definition) is 4. The van der Waals surface area contributed by atoms with Gasteiger partial charge in [0.05, 0.1) is 5.69 Å². The summed E-state index contributed by atoms with van der Waals surface area (Å²) >= 11 is 0. The van der Waals surface area contributed by atoms with Gasteiger partial charge in [-0.3, -0.25) is 4.79 Å². The van der Waals surface area contributed by atoms with Gasteiger partial charge in [-0.25, -0.2) is 13.6 Å². The summed E-state index contributed by atoms with van der Waals surface area (Å²) in [5.41, 5.74) is 11.4. The van der Waals surface area contributed by atoms with Crippen molar-refractivity contribution in [1.29, 1.82) is 0 Å². The van der Waals surface area contributed by atoms with Crippen LogP contribution in [0.2, 0.25) is 0 Å². The number of nitrogen functional groups attached to an aromatic ring is 1. The molecule has 0 aliphatic heterocycles. The molecule has 1 aromatic rings. The van der Waals surface area contributed by atoms with Gasteiger partial charge in [0.15, 0.2) is 0 Å². The molecule has 19 heavy (non-hydrogen) atoms. The summed E-state index contributed by atoms with van der Waals surface area (Å²) in [4.78, 5) is 10.4. The predicted molar refractivity (Wildman–Crippen MR) is 73.8 cm³/mol. The number of carbonyl (C=O) groups is 1. The Morgan fingerprint density at radius 3 is 2.47 bits per heavy atom. The number of nitrogens with one attached hydrogen (secondary N) is 1. The topological polar surface area (TPSA) is 141 Å². The first-order valence-electron chi connectivity index (χ1n) is 5.75. The highest BCUT2D eigenvalue weighted by Gasteiger charge is 2.11. The highest BCUT2D eigenvalue weighted by molar-refractivity contribution is 7.89. The monoisotopic (exact) mass is 286 g/mol. The molecular weight excluding hydrogens is 268 g/mol. The summed E-state index contributed by atoms with van der Waals surface area (Å²) in [6.07, 6.45) is 1.83. The molecule has 7 nitrogen and oxygen atoms in total. The van der Waals surface area contributed by atoms with Crippen LogP contribution in [-0.2, 0) is 14.8 Å². The second-order valence-electron chi connectivity index (χ2n) is 4.15. The molecule has 0 heterocycles. The van der Waals surface area contributed by atoms with Crippen LogP contribution >= 0.6 is 0 Å². The zero-order valence-corrected chi connectivity index (χ0v) is 11.2. The Hall–Kier alpha value is -1.80. The van der Waals surface area contributed by atoms with Gasteiger partial charge in [0.2, 0.25) is 15.9 Å². The van der Waals surface area contributed by atoms with Gasteiger partial charge in [-0.05, 0) is 31.0 Å². The van der Waals surface area contributed by atoms with Gasteiger partial charge < -0.3 is 16.8 Å². The van der Waals surface area contributed by atoms with Gasteiger partial charge >= 0.3 is 0 Å². The summed E-state index contributed by atoms with van der Waals surface area (Å²) in [6, 6.07) is 4.45. The van der Waals surface area contributed by atoms with Crippen LogP contribution in [0.25, 0.3) is 0 Å². The number of nitrogens with two attached hydrogens (primary N) is 3. The molecule has 0 unspecified atom stereocenters. The van der Waals surface area contributed by atoms with Crippen LogP contribution in [0.15, 0.2) is 23.1 Å². The smallest absolute Gasteiger partial charge is 0.240 e. The largest absolute Gasteiger partial charge is 0.398 e. The maximum atomic E-state index is 11.2. The highest BCUT2D eigenvalue weighted by atomic mass is 32.2. The number of amides is 1. The maximum Gasteiger partial charge on any atom is 0.240 e. The van der Waals surface area contributed by atoms with E-state index in [9.17, 15) is 13.2 Å². The highest BCUT2D eigenvalue weighted by Crippen LogP contribution is 2.21. The second kappa shape index (κ2) is 6.39. The fourth-order valence-electron chi connectivity index (χ4n) is 1.57. The molecule has 0 aromatic heterocycles. The summed E-state index contributed by atoms with van der Waals surface area (Å²) in [6.45, 7) is 0.640. The number of primary amides is 1. The molecule has 0 atom stereocenters. The minimum absolute atomic E-state index is 0.0909. The SMILES string of the molecule is NC(=O)CCCCNc1ccc(S(N)(=O)=O)c(N)c1. The molecule has 7 N–H and O–H groups in total. The molecule has 8 heteroatoms. The van der Waals surface area contributed by atoms with Crippen molar-refractivity contribution in [3.63, 3.8) is 0 Å². The first kappa shape index (κ1) is 15.3. The Balaban J connectivity index is 2.53. The average molecular weight is 286 g/mol. The molecule has 0 saturated heterocycles. The van der Waals surface area contributed by atoms with Crippen LogP contribution in [0.4, 0.5) is 11.4 Å². The van der Waals surface area contributed by atoms with E-state index in [1.807, 2.05) is 0 Å². The lowest BCUT2D eigenvalue weighted by atomic mass is 10.2. The van der Waals surface area contributed by atoms with Gasteiger partial charge in [0.25, 0.3) is 0 Å². The third kappa shape index (κ3) is 5.14. The third-order valence-electron chi connectivity index (χ3n) is 2.50. The van der Waals surface area contributed by atoms with Gasteiger partial charge in [-0.15, -0.1) is 0 Å². The molecule has 0 aliphatic carbocycles. The third-order valence-corrected chi connectivity index (χ3v) is 3.48. The van der Waals surface area contributed by atoms with E-state index in [1.165, 1.54) is 12.1 Å². The first-order chi connectivity index (χ1) is 8.80. The average Bonchev–Trinajstić information content (AvgIpc) is 2.26. The predicted octanol–water partition coefficient (Wildman–Crippen LogP) is -0.0163. The Morgan fingerprint density at radius 2 is 1.95 bits per heavy atom. The van der Waals surface area contributed by atoms with E-state index < -0.39 is 10.0 Å². The number of unbranched alkanes of at least 4 members (excludes halogenated alkanes) is 1. The quantitative estimate of drug-likeness (QED) is 0.412. The van der Waals surface area contributed by atoms with Gasteiger partial charge in [0, 0.05) is 18.7 Å². The second-order valence-corrected chi connectivity index (χ2v) is 5.68. The molecule has 0 saturated carbocycles. The summed E-state index contributed by atoms with van der Waals surface area (Å²) in [7, 11) is -3.79. The van der Waals surface area contributed by atoms with Crippen LogP contribution in [-0.4, -0.2) is 20.9 Å². The van der Waals surface area contributed by atoms with Gasteiger partial charge in [0.1, 0.15) is 4.90 Å². The zero-order valence-electron chi connectivity index (χ0n) is 10.4. The standard InChI is InChI=1S/C11H18N4O3S/c12-9-7-8(4-5-10(9)19(14,17)18)15-6-2-1-3-11(13)16/h4-5,7,15H,1-3,6,12H2,(H2,13,16)(H2,14,17,18). The fraction of sp³-hybridized carbons (Fsp3) is 0.364.